The molecule has 3 heteroatoms. The Balaban J connectivity index is 2.53. The number of nitrogens with zero attached hydrogens (tertiary/aromatic N) is 1. The predicted molar refractivity (Wildman–Crippen MR) is 61.0 cm³/mol. The lowest BCUT2D eigenvalue weighted by molar-refractivity contribution is 0.628. The SMILES string of the molecule is N#Cc1ccc(-c2cccc(F)c2)c(N)c1. The van der Waals surface area contributed by atoms with Crippen LogP contribution in [0.25, 0.3) is 11.1 Å². The molecule has 0 unspecified atom stereocenters. The summed E-state index contributed by atoms with van der Waals surface area (Å²) in [5, 5.41) is 8.70. The lowest BCUT2D eigenvalue weighted by Crippen LogP contribution is -1.91. The first-order valence-electron chi connectivity index (χ1n) is 4.76. The van der Waals surface area contributed by atoms with E-state index >= 15 is 0 Å². The van der Waals surface area contributed by atoms with Crippen LogP contribution < -0.4 is 5.73 Å². The highest BCUT2D eigenvalue weighted by molar-refractivity contribution is 5.77. The summed E-state index contributed by atoms with van der Waals surface area (Å²) >= 11 is 0. The summed E-state index contributed by atoms with van der Waals surface area (Å²) in [6.07, 6.45) is 0. The second-order valence-electron chi connectivity index (χ2n) is 3.42. The topological polar surface area (TPSA) is 49.8 Å². The molecule has 0 heterocycles. The van der Waals surface area contributed by atoms with Gasteiger partial charge in [0.05, 0.1) is 11.6 Å². The molecule has 2 N–H and O–H groups in total. The molecule has 0 fully saturated rings. The van der Waals surface area contributed by atoms with Crippen LogP contribution in [0.3, 0.4) is 0 Å². The Bertz CT molecular complexity index is 570. The quantitative estimate of drug-likeness (QED) is 0.739. The Hall–Kier alpha value is -2.34. The number of nitrogen functional groups attached to an aromatic ring is 1. The van der Waals surface area contributed by atoms with Crippen LogP contribution in [0.2, 0.25) is 0 Å². The molecule has 78 valence electrons. The summed E-state index contributed by atoms with van der Waals surface area (Å²) < 4.78 is 13.0. The van der Waals surface area contributed by atoms with E-state index in [-0.39, 0.29) is 5.82 Å². The lowest BCUT2D eigenvalue weighted by atomic mass is 10.0. The third-order valence-electron chi connectivity index (χ3n) is 2.32. The van der Waals surface area contributed by atoms with Gasteiger partial charge in [-0.25, -0.2) is 4.39 Å². The van der Waals surface area contributed by atoms with Crippen LogP contribution in [-0.2, 0) is 0 Å². The van der Waals surface area contributed by atoms with E-state index in [1.807, 2.05) is 6.07 Å². The molecule has 0 amide bonds. The van der Waals surface area contributed by atoms with E-state index in [9.17, 15) is 4.39 Å². The molecule has 0 aliphatic rings. The second-order valence-corrected chi connectivity index (χ2v) is 3.42. The van der Waals surface area contributed by atoms with Crippen LogP contribution in [0, 0.1) is 17.1 Å². The fourth-order valence-corrected chi connectivity index (χ4v) is 1.55. The highest BCUT2D eigenvalue weighted by Crippen LogP contribution is 2.26. The third kappa shape index (κ3) is 1.86. The third-order valence-corrected chi connectivity index (χ3v) is 2.32. The van der Waals surface area contributed by atoms with E-state index in [0.29, 0.717) is 16.8 Å². The maximum Gasteiger partial charge on any atom is 0.123 e. The van der Waals surface area contributed by atoms with Crippen molar-refractivity contribution in [2.45, 2.75) is 0 Å². The molecule has 2 aromatic rings. The Morgan fingerprint density at radius 2 is 1.94 bits per heavy atom. The summed E-state index contributed by atoms with van der Waals surface area (Å²) in [7, 11) is 0. The fraction of sp³-hybridized carbons (Fsp3) is 0. The predicted octanol–water partition coefficient (Wildman–Crippen LogP) is 2.95. The first-order chi connectivity index (χ1) is 7.70. The number of nitriles is 1. The second kappa shape index (κ2) is 4.03. The molecule has 0 radical (unpaired) electrons. The van der Waals surface area contributed by atoms with Gasteiger partial charge in [0.1, 0.15) is 5.82 Å². The summed E-state index contributed by atoms with van der Waals surface area (Å²) in [4.78, 5) is 0. The average molecular weight is 212 g/mol. The van der Waals surface area contributed by atoms with Gasteiger partial charge in [-0.15, -0.1) is 0 Å². The van der Waals surface area contributed by atoms with E-state index in [1.54, 1.807) is 30.3 Å². The minimum atomic E-state index is -0.304. The van der Waals surface area contributed by atoms with Gasteiger partial charge in [0.2, 0.25) is 0 Å². The van der Waals surface area contributed by atoms with Gasteiger partial charge in [-0.3, -0.25) is 0 Å². The molecule has 0 saturated carbocycles. The molecule has 2 nitrogen and oxygen atoms in total. The fourth-order valence-electron chi connectivity index (χ4n) is 1.55. The van der Waals surface area contributed by atoms with Crippen LogP contribution in [-0.4, -0.2) is 0 Å². The first kappa shape index (κ1) is 10.2. The number of rotatable bonds is 1. The van der Waals surface area contributed by atoms with Gasteiger partial charge in [0.15, 0.2) is 0 Å². The summed E-state index contributed by atoms with van der Waals surface area (Å²) in [6, 6.07) is 13.2. The molecule has 0 spiro atoms. The number of hydrogen-bond donors (Lipinski definition) is 1. The van der Waals surface area contributed by atoms with Gasteiger partial charge in [-0.2, -0.15) is 5.26 Å². The monoisotopic (exact) mass is 212 g/mol. The van der Waals surface area contributed by atoms with Crippen molar-refractivity contribution in [1.82, 2.24) is 0 Å². The Morgan fingerprint density at radius 3 is 2.56 bits per heavy atom. The van der Waals surface area contributed by atoms with E-state index in [4.69, 9.17) is 11.0 Å². The normalized spacial score (nSPS) is 9.75. The van der Waals surface area contributed by atoms with Crippen molar-refractivity contribution < 1.29 is 4.39 Å². The number of halogens is 1. The number of anilines is 1. The van der Waals surface area contributed by atoms with Crippen molar-refractivity contribution in [3.63, 3.8) is 0 Å². The van der Waals surface area contributed by atoms with Crippen molar-refractivity contribution in [2.75, 3.05) is 5.73 Å². The minimum Gasteiger partial charge on any atom is -0.398 e. The van der Waals surface area contributed by atoms with Crippen LogP contribution in [0.5, 0.6) is 0 Å². The van der Waals surface area contributed by atoms with Crippen molar-refractivity contribution >= 4 is 5.69 Å². The molecule has 16 heavy (non-hydrogen) atoms. The molecule has 0 atom stereocenters. The molecule has 0 aromatic heterocycles. The highest BCUT2D eigenvalue weighted by Gasteiger charge is 2.04. The first-order valence-corrected chi connectivity index (χ1v) is 4.76. The van der Waals surface area contributed by atoms with Gasteiger partial charge in [0, 0.05) is 11.3 Å². The zero-order chi connectivity index (χ0) is 11.5. The molecule has 0 aliphatic carbocycles. The number of nitrogens with two attached hydrogens (primary N) is 1. The van der Waals surface area contributed by atoms with E-state index in [1.165, 1.54) is 12.1 Å². The van der Waals surface area contributed by atoms with Gasteiger partial charge in [-0.05, 0) is 29.8 Å². The van der Waals surface area contributed by atoms with Gasteiger partial charge >= 0.3 is 0 Å². The lowest BCUT2D eigenvalue weighted by Gasteiger charge is -2.05. The Labute approximate surface area is 92.8 Å². The maximum absolute atomic E-state index is 13.0. The van der Waals surface area contributed by atoms with Crippen molar-refractivity contribution in [3.05, 3.63) is 53.8 Å². The molecule has 0 saturated heterocycles. The molecule has 0 aliphatic heterocycles. The Kier molecular flexibility index (Phi) is 2.57. The number of hydrogen-bond acceptors (Lipinski definition) is 2. The average Bonchev–Trinajstić information content (AvgIpc) is 2.28. The molecular formula is C13H9FN2. The van der Waals surface area contributed by atoms with E-state index in [0.717, 1.165) is 5.56 Å². The van der Waals surface area contributed by atoms with Gasteiger partial charge in [0.25, 0.3) is 0 Å². The maximum atomic E-state index is 13.0. The van der Waals surface area contributed by atoms with Crippen LogP contribution in [0.1, 0.15) is 5.56 Å². The van der Waals surface area contributed by atoms with Crippen LogP contribution >= 0.6 is 0 Å². The smallest absolute Gasteiger partial charge is 0.123 e. The van der Waals surface area contributed by atoms with E-state index in [2.05, 4.69) is 0 Å². The summed E-state index contributed by atoms with van der Waals surface area (Å²) in [6.45, 7) is 0. The van der Waals surface area contributed by atoms with Gasteiger partial charge in [-0.1, -0.05) is 18.2 Å². The largest absolute Gasteiger partial charge is 0.398 e. The zero-order valence-electron chi connectivity index (χ0n) is 8.44. The van der Waals surface area contributed by atoms with Crippen molar-refractivity contribution in [1.29, 1.82) is 5.26 Å². The summed E-state index contributed by atoms with van der Waals surface area (Å²) in [5.41, 5.74) is 8.22. The molecule has 2 rings (SSSR count). The van der Waals surface area contributed by atoms with Gasteiger partial charge < -0.3 is 5.73 Å². The molecule has 2 aromatic carbocycles. The van der Waals surface area contributed by atoms with E-state index < -0.39 is 0 Å². The molecular weight excluding hydrogens is 203 g/mol. The molecule has 0 bridgehead atoms. The van der Waals surface area contributed by atoms with Crippen LogP contribution in [0.15, 0.2) is 42.5 Å². The zero-order valence-corrected chi connectivity index (χ0v) is 8.44. The minimum absolute atomic E-state index is 0.304. The Morgan fingerprint density at radius 1 is 1.12 bits per heavy atom. The van der Waals surface area contributed by atoms with Crippen LogP contribution in [0.4, 0.5) is 10.1 Å². The summed E-state index contributed by atoms with van der Waals surface area (Å²) in [5.74, 6) is -0.304. The van der Waals surface area contributed by atoms with Crippen molar-refractivity contribution in [3.8, 4) is 17.2 Å². The van der Waals surface area contributed by atoms with Crippen molar-refractivity contribution in [2.24, 2.45) is 0 Å². The standard InChI is InChI=1S/C13H9FN2/c14-11-3-1-2-10(7-11)12-5-4-9(8-15)6-13(12)16/h1-7H,16H2. The number of benzene rings is 2. The highest BCUT2D eigenvalue weighted by atomic mass is 19.1.